The lowest BCUT2D eigenvalue weighted by atomic mass is 9.99. The van der Waals surface area contributed by atoms with Gasteiger partial charge in [0.05, 0.1) is 0 Å². The SMILES string of the molecule is CC(=O)N1CCCN(C2CCNC(C)C2)CC1. The Morgan fingerprint density at radius 1 is 1.24 bits per heavy atom. The van der Waals surface area contributed by atoms with Crippen LogP contribution in [0.3, 0.4) is 0 Å². The van der Waals surface area contributed by atoms with Gasteiger partial charge in [-0.1, -0.05) is 0 Å². The highest BCUT2D eigenvalue weighted by atomic mass is 16.2. The molecule has 0 spiro atoms. The summed E-state index contributed by atoms with van der Waals surface area (Å²) in [6.45, 7) is 9.14. The quantitative estimate of drug-likeness (QED) is 0.731. The normalized spacial score (nSPS) is 32.2. The Morgan fingerprint density at radius 2 is 2.06 bits per heavy atom. The van der Waals surface area contributed by atoms with E-state index in [2.05, 4.69) is 17.1 Å². The molecule has 0 bridgehead atoms. The van der Waals surface area contributed by atoms with E-state index in [1.54, 1.807) is 6.92 Å². The number of amides is 1. The monoisotopic (exact) mass is 239 g/mol. The van der Waals surface area contributed by atoms with Crippen molar-refractivity contribution in [2.45, 2.75) is 45.2 Å². The molecule has 0 aromatic heterocycles. The molecule has 2 saturated heterocycles. The highest BCUT2D eigenvalue weighted by molar-refractivity contribution is 5.73. The van der Waals surface area contributed by atoms with Gasteiger partial charge < -0.3 is 10.2 Å². The second-order valence-corrected chi connectivity index (χ2v) is 5.43. The first-order chi connectivity index (χ1) is 8.16. The Hall–Kier alpha value is -0.610. The van der Waals surface area contributed by atoms with Gasteiger partial charge in [0.15, 0.2) is 0 Å². The zero-order chi connectivity index (χ0) is 12.3. The average Bonchev–Trinajstić information content (AvgIpc) is 2.54. The molecule has 0 aromatic carbocycles. The smallest absolute Gasteiger partial charge is 0.219 e. The number of carbonyl (C=O) groups excluding carboxylic acids is 1. The van der Waals surface area contributed by atoms with E-state index in [1.165, 1.54) is 12.8 Å². The maximum Gasteiger partial charge on any atom is 0.219 e. The number of hydrogen-bond acceptors (Lipinski definition) is 3. The van der Waals surface area contributed by atoms with E-state index in [1.807, 2.05) is 4.90 Å². The number of nitrogens with zero attached hydrogens (tertiary/aromatic N) is 2. The molecule has 98 valence electrons. The van der Waals surface area contributed by atoms with E-state index >= 15 is 0 Å². The maximum atomic E-state index is 11.4. The molecule has 17 heavy (non-hydrogen) atoms. The van der Waals surface area contributed by atoms with Gasteiger partial charge in [-0.3, -0.25) is 9.69 Å². The van der Waals surface area contributed by atoms with Crippen LogP contribution < -0.4 is 5.32 Å². The van der Waals surface area contributed by atoms with Gasteiger partial charge in [-0.25, -0.2) is 0 Å². The van der Waals surface area contributed by atoms with Crippen LogP contribution in [-0.2, 0) is 4.79 Å². The van der Waals surface area contributed by atoms with Crippen molar-refractivity contribution in [3.8, 4) is 0 Å². The Balaban J connectivity index is 1.87. The highest BCUT2D eigenvalue weighted by Crippen LogP contribution is 2.17. The van der Waals surface area contributed by atoms with Gasteiger partial charge in [-0.2, -0.15) is 0 Å². The fraction of sp³-hybridized carbons (Fsp3) is 0.923. The average molecular weight is 239 g/mol. The third kappa shape index (κ3) is 3.42. The van der Waals surface area contributed by atoms with Crippen LogP contribution in [0.25, 0.3) is 0 Å². The molecule has 0 radical (unpaired) electrons. The number of hydrogen-bond donors (Lipinski definition) is 1. The maximum absolute atomic E-state index is 11.4. The summed E-state index contributed by atoms with van der Waals surface area (Å²) in [7, 11) is 0. The summed E-state index contributed by atoms with van der Waals surface area (Å²) in [5, 5.41) is 3.50. The van der Waals surface area contributed by atoms with Crippen molar-refractivity contribution in [2.24, 2.45) is 0 Å². The minimum Gasteiger partial charge on any atom is -0.342 e. The van der Waals surface area contributed by atoms with Gasteiger partial charge in [0, 0.05) is 45.2 Å². The summed E-state index contributed by atoms with van der Waals surface area (Å²) >= 11 is 0. The molecule has 0 saturated carbocycles. The highest BCUT2D eigenvalue weighted by Gasteiger charge is 2.26. The lowest BCUT2D eigenvalue weighted by Crippen LogP contribution is -2.48. The van der Waals surface area contributed by atoms with Crippen LogP contribution >= 0.6 is 0 Å². The van der Waals surface area contributed by atoms with Gasteiger partial charge in [0.1, 0.15) is 0 Å². The number of carbonyl (C=O) groups is 1. The Morgan fingerprint density at radius 3 is 2.76 bits per heavy atom. The summed E-state index contributed by atoms with van der Waals surface area (Å²) in [6.07, 6.45) is 3.63. The second kappa shape index (κ2) is 5.83. The van der Waals surface area contributed by atoms with Gasteiger partial charge in [0.25, 0.3) is 0 Å². The Bertz CT molecular complexity index is 269. The topological polar surface area (TPSA) is 35.6 Å². The second-order valence-electron chi connectivity index (χ2n) is 5.43. The Kier molecular flexibility index (Phi) is 4.40. The molecule has 0 aliphatic carbocycles. The molecule has 1 N–H and O–H groups in total. The Labute approximate surface area is 104 Å². The fourth-order valence-electron chi connectivity index (χ4n) is 3.05. The van der Waals surface area contributed by atoms with E-state index in [-0.39, 0.29) is 5.91 Å². The predicted molar refractivity (Wildman–Crippen MR) is 68.9 cm³/mol. The first-order valence-corrected chi connectivity index (χ1v) is 6.90. The molecular weight excluding hydrogens is 214 g/mol. The third-order valence-corrected chi connectivity index (χ3v) is 4.09. The van der Waals surface area contributed by atoms with Gasteiger partial charge in [0.2, 0.25) is 5.91 Å². The molecule has 4 nitrogen and oxygen atoms in total. The molecule has 2 aliphatic heterocycles. The van der Waals surface area contributed by atoms with Crippen molar-refractivity contribution in [1.82, 2.24) is 15.1 Å². The molecule has 2 aliphatic rings. The summed E-state index contributed by atoms with van der Waals surface area (Å²) in [4.78, 5) is 16.0. The van der Waals surface area contributed by atoms with Crippen LogP contribution in [0.2, 0.25) is 0 Å². The molecule has 1 amide bonds. The molecular formula is C13H25N3O. The van der Waals surface area contributed by atoms with Crippen LogP contribution in [-0.4, -0.2) is 60.5 Å². The van der Waals surface area contributed by atoms with E-state index < -0.39 is 0 Å². The first-order valence-electron chi connectivity index (χ1n) is 6.90. The van der Waals surface area contributed by atoms with Gasteiger partial charge in [-0.15, -0.1) is 0 Å². The van der Waals surface area contributed by atoms with E-state index in [9.17, 15) is 4.79 Å². The summed E-state index contributed by atoms with van der Waals surface area (Å²) in [5.74, 6) is 0.227. The van der Waals surface area contributed by atoms with E-state index in [4.69, 9.17) is 0 Å². The van der Waals surface area contributed by atoms with Crippen molar-refractivity contribution in [1.29, 1.82) is 0 Å². The van der Waals surface area contributed by atoms with Crippen LogP contribution in [0.15, 0.2) is 0 Å². The lowest BCUT2D eigenvalue weighted by molar-refractivity contribution is -0.128. The fourth-order valence-corrected chi connectivity index (χ4v) is 3.05. The largest absolute Gasteiger partial charge is 0.342 e. The summed E-state index contributed by atoms with van der Waals surface area (Å²) in [6, 6.07) is 1.36. The first kappa shape index (κ1) is 12.8. The molecule has 2 heterocycles. The zero-order valence-corrected chi connectivity index (χ0v) is 11.1. The van der Waals surface area contributed by atoms with Crippen LogP contribution in [0.4, 0.5) is 0 Å². The predicted octanol–water partition coefficient (Wildman–Crippen LogP) is 0.681. The zero-order valence-electron chi connectivity index (χ0n) is 11.1. The van der Waals surface area contributed by atoms with E-state index in [0.29, 0.717) is 6.04 Å². The van der Waals surface area contributed by atoms with E-state index in [0.717, 1.165) is 45.2 Å². The molecule has 0 aromatic rings. The number of nitrogens with one attached hydrogen (secondary N) is 1. The molecule has 2 fully saturated rings. The third-order valence-electron chi connectivity index (χ3n) is 4.09. The minimum atomic E-state index is 0.227. The molecule has 4 heteroatoms. The summed E-state index contributed by atoms with van der Waals surface area (Å²) in [5.41, 5.74) is 0. The standard InChI is InChI=1S/C13H25N3O/c1-11-10-13(4-5-14-11)16-7-3-6-15(8-9-16)12(2)17/h11,13-14H,3-10H2,1-2H3. The van der Waals surface area contributed by atoms with Gasteiger partial charge in [-0.05, 0) is 32.7 Å². The van der Waals surface area contributed by atoms with Crippen molar-refractivity contribution >= 4 is 5.91 Å². The lowest BCUT2D eigenvalue weighted by Gasteiger charge is -2.36. The number of piperidine rings is 1. The molecule has 2 unspecified atom stereocenters. The van der Waals surface area contributed by atoms with Crippen LogP contribution in [0, 0.1) is 0 Å². The molecule has 2 rings (SSSR count). The van der Waals surface area contributed by atoms with Crippen LogP contribution in [0.5, 0.6) is 0 Å². The molecule has 2 atom stereocenters. The minimum absolute atomic E-state index is 0.227. The van der Waals surface area contributed by atoms with Crippen molar-refractivity contribution in [3.05, 3.63) is 0 Å². The number of rotatable bonds is 1. The van der Waals surface area contributed by atoms with Crippen molar-refractivity contribution in [2.75, 3.05) is 32.7 Å². The summed E-state index contributed by atoms with van der Waals surface area (Å²) < 4.78 is 0. The van der Waals surface area contributed by atoms with Crippen LogP contribution in [0.1, 0.15) is 33.1 Å². The van der Waals surface area contributed by atoms with Crippen molar-refractivity contribution in [3.63, 3.8) is 0 Å². The van der Waals surface area contributed by atoms with Crippen molar-refractivity contribution < 1.29 is 4.79 Å². The van der Waals surface area contributed by atoms with Gasteiger partial charge >= 0.3 is 0 Å².